The molecule has 0 saturated heterocycles. The van der Waals surface area contributed by atoms with Crippen molar-refractivity contribution in [1.29, 1.82) is 0 Å². The molecule has 0 radical (unpaired) electrons. The van der Waals surface area contributed by atoms with Gasteiger partial charge in [-0.2, -0.15) is 0 Å². The minimum atomic E-state index is -0.529. The zero-order valence-electron chi connectivity index (χ0n) is 18.1. The number of alkyl carbamates (subject to hydrolysis) is 1. The van der Waals surface area contributed by atoms with E-state index >= 15 is 0 Å². The van der Waals surface area contributed by atoms with Crippen molar-refractivity contribution in [3.05, 3.63) is 34.9 Å². The Morgan fingerprint density at radius 3 is 2.70 bits per heavy atom. The molecule has 0 saturated carbocycles. The van der Waals surface area contributed by atoms with Crippen LogP contribution in [0.3, 0.4) is 0 Å². The molecule has 1 unspecified atom stereocenters. The fourth-order valence-corrected chi connectivity index (χ4v) is 3.43. The van der Waals surface area contributed by atoms with E-state index in [9.17, 15) is 19.2 Å². The number of carbonyl (C=O) groups is 4. The fourth-order valence-electron chi connectivity index (χ4n) is 3.43. The molecule has 0 spiro atoms. The SMILES string of the molecule is CC(CCC(=O)NC=O)N1Cc2c(CCCNC(=O)OC(C)(C)C)cccc2C1=O. The van der Waals surface area contributed by atoms with Crippen molar-refractivity contribution in [2.45, 2.75) is 71.6 Å². The quantitative estimate of drug-likeness (QED) is 0.475. The number of benzene rings is 1. The highest BCUT2D eigenvalue weighted by molar-refractivity contribution is 5.99. The summed E-state index contributed by atoms with van der Waals surface area (Å²) in [5, 5.41) is 4.87. The van der Waals surface area contributed by atoms with Crippen LogP contribution in [0.1, 0.15) is 68.4 Å². The van der Waals surface area contributed by atoms with E-state index in [1.54, 1.807) is 4.90 Å². The molecular weight excluding hydrogens is 386 g/mol. The number of amides is 4. The fraction of sp³-hybridized carbons (Fsp3) is 0.545. The van der Waals surface area contributed by atoms with Crippen LogP contribution in [0.25, 0.3) is 0 Å². The van der Waals surface area contributed by atoms with Gasteiger partial charge in [-0.25, -0.2) is 4.79 Å². The molecule has 4 amide bonds. The maximum Gasteiger partial charge on any atom is 0.407 e. The number of fused-ring (bicyclic) bond motifs is 1. The minimum absolute atomic E-state index is 0.0398. The van der Waals surface area contributed by atoms with Crippen LogP contribution in [0, 0.1) is 0 Å². The van der Waals surface area contributed by atoms with Gasteiger partial charge in [0, 0.05) is 31.1 Å². The number of hydrogen-bond acceptors (Lipinski definition) is 5. The highest BCUT2D eigenvalue weighted by Gasteiger charge is 2.32. The van der Waals surface area contributed by atoms with E-state index < -0.39 is 11.7 Å². The predicted octanol–water partition coefficient (Wildman–Crippen LogP) is 2.54. The van der Waals surface area contributed by atoms with Gasteiger partial charge in [0.25, 0.3) is 5.91 Å². The molecule has 8 nitrogen and oxygen atoms in total. The summed E-state index contributed by atoms with van der Waals surface area (Å²) in [6, 6.07) is 5.58. The third-order valence-electron chi connectivity index (χ3n) is 4.93. The Balaban J connectivity index is 1.90. The summed E-state index contributed by atoms with van der Waals surface area (Å²) in [5.41, 5.74) is 2.25. The molecule has 1 aromatic carbocycles. The molecule has 0 aliphatic carbocycles. The van der Waals surface area contributed by atoms with Gasteiger partial charge in [-0.05, 0) is 64.2 Å². The lowest BCUT2D eigenvalue weighted by atomic mass is 9.99. The van der Waals surface area contributed by atoms with E-state index in [2.05, 4.69) is 10.6 Å². The molecule has 2 N–H and O–H groups in total. The molecule has 164 valence electrons. The zero-order valence-corrected chi connectivity index (χ0v) is 18.1. The van der Waals surface area contributed by atoms with Crippen LogP contribution in [0.15, 0.2) is 18.2 Å². The number of carbonyl (C=O) groups excluding carboxylic acids is 4. The van der Waals surface area contributed by atoms with Crippen LogP contribution in [0.5, 0.6) is 0 Å². The molecule has 1 heterocycles. The highest BCUT2D eigenvalue weighted by atomic mass is 16.6. The first-order valence-electron chi connectivity index (χ1n) is 10.2. The summed E-state index contributed by atoms with van der Waals surface area (Å²) in [6.07, 6.45) is 2.06. The Bertz CT molecular complexity index is 800. The number of rotatable bonds is 9. The van der Waals surface area contributed by atoms with Gasteiger partial charge in [-0.1, -0.05) is 12.1 Å². The van der Waals surface area contributed by atoms with Gasteiger partial charge in [0.05, 0.1) is 0 Å². The van der Waals surface area contributed by atoms with Gasteiger partial charge in [0.15, 0.2) is 0 Å². The van der Waals surface area contributed by atoms with Crippen LogP contribution in [0.4, 0.5) is 4.79 Å². The number of nitrogens with one attached hydrogen (secondary N) is 2. The number of nitrogens with zero attached hydrogens (tertiary/aromatic N) is 1. The van der Waals surface area contributed by atoms with Crippen molar-refractivity contribution < 1.29 is 23.9 Å². The van der Waals surface area contributed by atoms with Gasteiger partial charge in [0.2, 0.25) is 12.3 Å². The van der Waals surface area contributed by atoms with E-state index in [1.165, 1.54) is 0 Å². The molecule has 1 atom stereocenters. The zero-order chi connectivity index (χ0) is 22.3. The molecule has 1 aliphatic rings. The average molecular weight is 418 g/mol. The van der Waals surface area contributed by atoms with Gasteiger partial charge < -0.3 is 15.0 Å². The highest BCUT2D eigenvalue weighted by Crippen LogP contribution is 2.29. The molecule has 0 aromatic heterocycles. The van der Waals surface area contributed by atoms with E-state index in [1.807, 2.05) is 45.9 Å². The Labute approximate surface area is 177 Å². The average Bonchev–Trinajstić information content (AvgIpc) is 3.00. The third-order valence-corrected chi connectivity index (χ3v) is 4.93. The summed E-state index contributed by atoms with van der Waals surface area (Å²) < 4.78 is 5.22. The molecular formula is C22H31N3O5. The van der Waals surface area contributed by atoms with Gasteiger partial charge in [-0.3, -0.25) is 19.7 Å². The van der Waals surface area contributed by atoms with Crippen molar-refractivity contribution in [3.63, 3.8) is 0 Å². The monoisotopic (exact) mass is 417 g/mol. The Morgan fingerprint density at radius 2 is 2.03 bits per heavy atom. The summed E-state index contributed by atoms with van der Waals surface area (Å²) >= 11 is 0. The topological polar surface area (TPSA) is 105 Å². The number of aryl methyl sites for hydroxylation is 1. The molecule has 30 heavy (non-hydrogen) atoms. The summed E-state index contributed by atoms with van der Waals surface area (Å²) in [4.78, 5) is 48.1. The van der Waals surface area contributed by atoms with Gasteiger partial charge >= 0.3 is 6.09 Å². The second-order valence-electron chi connectivity index (χ2n) is 8.48. The van der Waals surface area contributed by atoms with E-state index in [4.69, 9.17) is 4.74 Å². The lowest BCUT2D eigenvalue weighted by molar-refractivity contribution is -0.125. The van der Waals surface area contributed by atoms with Crippen LogP contribution in [0.2, 0.25) is 0 Å². The molecule has 0 bridgehead atoms. The third kappa shape index (κ3) is 6.57. The van der Waals surface area contributed by atoms with Gasteiger partial charge in [-0.15, -0.1) is 0 Å². The first-order chi connectivity index (χ1) is 14.1. The van der Waals surface area contributed by atoms with Crippen molar-refractivity contribution >= 4 is 24.3 Å². The van der Waals surface area contributed by atoms with Crippen molar-refractivity contribution in [2.75, 3.05) is 6.54 Å². The summed E-state index contributed by atoms with van der Waals surface area (Å²) in [7, 11) is 0. The largest absolute Gasteiger partial charge is 0.444 e. The first kappa shape index (κ1) is 23.4. The van der Waals surface area contributed by atoms with Crippen LogP contribution >= 0.6 is 0 Å². The normalized spacial score (nSPS) is 14.1. The molecule has 1 aliphatic heterocycles. The standard InChI is InChI=1S/C22H31N3O5/c1-15(10-11-19(27)24-14-26)25-13-18-16(7-5-9-17(18)20(25)28)8-6-12-23-21(29)30-22(2,3)4/h5,7,9,14-15H,6,8,10-13H2,1-4H3,(H,23,29)(H,24,26,27). The first-order valence-corrected chi connectivity index (χ1v) is 10.2. The van der Waals surface area contributed by atoms with Crippen LogP contribution in [-0.2, 0) is 27.3 Å². The van der Waals surface area contributed by atoms with Crippen LogP contribution < -0.4 is 10.6 Å². The Morgan fingerprint density at radius 1 is 1.30 bits per heavy atom. The molecule has 8 heteroatoms. The van der Waals surface area contributed by atoms with Gasteiger partial charge in [0.1, 0.15) is 5.60 Å². The molecule has 2 rings (SSSR count). The van der Waals surface area contributed by atoms with Crippen molar-refractivity contribution in [3.8, 4) is 0 Å². The van der Waals surface area contributed by atoms with Crippen molar-refractivity contribution in [1.82, 2.24) is 15.5 Å². The maximum atomic E-state index is 12.8. The Hall–Kier alpha value is -2.90. The Kier molecular flexibility index (Phi) is 7.97. The number of hydrogen-bond donors (Lipinski definition) is 2. The summed E-state index contributed by atoms with van der Waals surface area (Å²) in [6.45, 7) is 8.34. The minimum Gasteiger partial charge on any atom is -0.444 e. The smallest absolute Gasteiger partial charge is 0.407 e. The molecule has 1 aromatic rings. The second kappa shape index (κ2) is 10.2. The number of imide groups is 1. The lowest BCUT2D eigenvalue weighted by Crippen LogP contribution is -2.34. The van der Waals surface area contributed by atoms with E-state index in [0.29, 0.717) is 31.5 Å². The van der Waals surface area contributed by atoms with Crippen LogP contribution in [-0.4, -0.2) is 47.4 Å². The predicted molar refractivity (Wildman–Crippen MR) is 112 cm³/mol. The van der Waals surface area contributed by atoms with E-state index in [-0.39, 0.29) is 24.3 Å². The maximum absolute atomic E-state index is 12.8. The van der Waals surface area contributed by atoms with Crippen molar-refractivity contribution in [2.24, 2.45) is 0 Å². The van der Waals surface area contributed by atoms with E-state index in [0.717, 1.165) is 24.0 Å². The summed E-state index contributed by atoms with van der Waals surface area (Å²) in [5.74, 6) is -0.388. The lowest BCUT2D eigenvalue weighted by Gasteiger charge is -2.24. The molecule has 0 fully saturated rings. The second-order valence-corrected chi connectivity index (χ2v) is 8.48. The number of ether oxygens (including phenoxy) is 1.